The highest BCUT2D eigenvalue weighted by Crippen LogP contribution is 2.29. The fraction of sp³-hybridized carbons (Fsp3) is 0.278. The van der Waals surface area contributed by atoms with Crippen LogP contribution in [0.5, 0.6) is 0 Å². The number of nitrogens with zero attached hydrogens (tertiary/aromatic N) is 1. The molecule has 148 valence electrons. The first-order valence-corrected chi connectivity index (χ1v) is 7.82. The summed E-state index contributed by atoms with van der Waals surface area (Å²) in [6, 6.07) is 9.40. The lowest BCUT2D eigenvalue weighted by Gasteiger charge is -2.14. The van der Waals surface area contributed by atoms with Gasteiger partial charge in [0.1, 0.15) is 5.82 Å². The van der Waals surface area contributed by atoms with Gasteiger partial charge >= 0.3 is 6.18 Å². The summed E-state index contributed by atoms with van der Waals surface area (Å²) in [5, 5.41) is 15.0. The molecule has 2 rings (SSSR count). The van der Waals surface area contributed by atoms with E-state index in [1.165, 1.54) is 25.2 Å². The van der Waals surface area contributed by atoms with Crippen LogP contribution in [0.2, 0.25) is 0 Å². The molecule has 0 amide bonds. The fourth-order valence-electron chi connectivity index (χ4n) is 2.31. The van der Waals surface area contributed by atoms with E-state index in [-0.39, 0.29) is 36.1 Å². The average Bonchev–Trinajstić information content (AvgIpc) is 2.62. The molecule has 0 radical (unpaired) electrons. The normalized spacial score (nSPS) is 11.7. The number of nitrogens with one attached hydrogen (secondary N) is 2. The van der Waals surface area contributed by atoms with E-state index in [1.807, 2.05) is 0 Å². The zero-order valence-corrected chi connectivity index (χ0v) is 16.8. The predicted molar refractivity (Wildman–Crippen MR) is 106 cm³/mol. The Kier molecular flexibility index (Phi) is 8.97. The molecule has 2 aromatic rings. The van der Waals surface area contributed by atoms with Gasteiger partial charge in [-0.2, -0.15) is 13.2 Å². The molecule has 0 bridgehead atoms. The Morgan fingerprint density at radius 1 is 1.04 bits per heavy atom. The van der Waals surface area contributed by atoms with Crippen LogP contribution in [0.1, 0.15) is 22.3 Å². The van der Waals surface area contributed by atoms with Gasteiger partial charge in [0.2, 0.25) is 0 Å². The molecule has 0 aliphatic carbocycles. The minimum absolute atomic E-state index is 0. The number of rotatable bonds is 5. The lowest BCUT2D eigenvalue weighted by molar-refractivity contribution is -0.137. The molecule has 0 saturated heterocycles. The van der Waals surface area contributed by atoms with Crippen LogP contribution in [0.15, 0.2) is 47.5 Å². The van der Waals surface area contributed by atoms with Gasteiger partial charge < -0.3 is 15.7 Å². The zero-order valence-electron chi connectivity index (χ0n) is 14.5. The Labute approximate surface area is 171 Å². The van der Waals surface area contributed by atoms with Gasteiger partial charge in [0.05, 0.1) is 12.2 Å². The van der Waals surface area contributed by atoms with Crippen molar-refractivity contribution in [2.75, 3.05) is 7.05 Å². The third-order valence-electron chi connectivity index (χ3n) is 3.68. The van der Waals surface area contributed by atoms with Crippen molar-refractivity contribution in [2.24, 2.45) is 4.99 Å². The first kappa shape index (κ1) is 23.2. The van der Waals surface area contributed by atoms with Crippen molar-refractivity contribution in [1.82, 2.24) is 10.6 Å². The van der Waals surface area contributed by atoms with Crippen molar-refractivity contribution >= 4 is 29.9 Å². The van der Waals surface area contributed by atoms with Crippen molar-refractivity contribution in [3.8, 4) is 0 Å². The number of hydrogen-bond donors (Lipinski definition) is 3. The second-order valence-corrected chi connectivity index (χ2v) is 5.56. The molecule has 0 unspecified atom stereocenters. The van der Waals surface area contributed by atoms with Gasteiger partial charge in [-0.05, 0) is 35.4 Å². The molecule has 27 heavy (non-hydrogen) atoms. The summed E-state index contributed by atoms with van der Waals surface area (Å²) in [6.07, 6.45) is -4.39. The van der Waals surface area contributed by atoms with Crippen LogP contribution in [-0.2, 0) is 25.9 Å². The highest BCUT2D eigenvalue weighted by Gasteiger charge is 2.30. The summed E-state index contributed by atoms with van der Waals surface area (Å²) < 4.78 is 51.6. The molecular weight excluding hydrogens is 477 g/mol. The smallest absolute Gasteiger partial charge is 0.392 e. The fourth-order valence-corrected chi connectivity index (χ4v) is 2.31. The highest BCUT2D eigenvalue weighted by atomic mass is 127. The van der Waals surface area contributed by atoms with Crippen molar-refractivity contribution in [3.05, 3.63) is 70.5 Å². The van der Waals surface area contributed by atoms with Crippen LogP contribution < -0.4 is 10.6 Å². The SMILES string of the molecule is CN=C(NCc1cccc(C(F)(F)F)c1)NCc1ccc(F)c(CO)c1.I. The largest absolute Gasteiger partial charge is 0.416 e. The number of halogens is 5. The molecule has 9 heteroatoms. The van der Waals surface area contributed by atoms with Gasteiger partial charge in [0, 0.05) is 25.7 Å². The number of alkyl halides is 3. The first-order valence-electron chi connectivity index (χ1n) is 7.82. The summed E-state index contributed by atoms with van der Waals surface area (Å²) in [6.45, 7) is 0.0760. The summed E-state index contributed by atoms with van der Waals surface area (Å²) in [5.74, 6) is -0.0967. The van der Waals surface area contributed by atoms with E-state index in [1.54, 1.807) is 12.1 Å². The number of aliphatic hydroxyl groups excluding tert-OH is 1. The lowest BCUT2D eigenvalue weighted by atomic mass is 10.1. The number of aliphatic hydroxyl groups is 1. The lowest BCUT2D eigenvalue weighted by Crippen LogP contribution is -2.36. The quantitative estimate of drug-likeness (QED) is 0.255. The van der Waals surface area contributed by atoms with Gasteiger partial charge in [-0.1, -0.05) is 18.2 Å². The molecule has 3 N–H and O–H groups in total. The van der Waals surface area contributed by atoms with Gasteiger partial charge in [0.15, 0.2) is 5.96 Å². The topological polar surface area (TPSA) is 56.7 Å². The molecule has 0 spiro atoms. The maximum Gasteiger partial charge on any atom is 0.416 e. The Hall–Kier alpha value is -1.88. The van der Waals surface area contributed by atoms with E-state index < -0.39 is 24.2 Å². The molecule has 0 aliphatic heterocycles. The summed E-state index contributed by atoms with van der Waals surface area (Å²) in [4.78, 5) is 4.00. The minimum atomic E-state index is -4.39. The Balaban J connectivity index is 0.00000364. The molecular formula is C18H20F4IN3O. The number of aliphatic imine (C=N–C) groups is 1. The summed E-state index contributed by atoms with van der Waals surface area (Å²) in [7, 11) is 1.53. The van der Waals surface area contributed by atoms with Crippen molar-refractivity contribution < 1.29 is 22.7 Å². The summed E-state index contributed by atoms with van der Waals surface area (Å²) in [5.41, 5.74) is 0.684. The Bertz CT molecular complexity index is 781. The van der Waals surface area contributed by atoms with E-state index in [9.17, 15) is 17.6 Å². The molecule has 0 heterocycles. The molecule has 0 aliphatic rings. The molecule has 0 aromatic heterocycles. The molecule has 2 aromatic carbocycles. The standard InChI is InChI=1S/C18H19F4N3O.HI/c1-23-17(25-10-13-5-6-16(19)14(7-13)11-26)24-9-12-3-2-4-15(8-12)18(20,21)22;/h2-8,26H,9-11H2,1H3,(H2,23,24,25);1H. The predicted octanol–water partition coefficient (Wildman–Crippen LogP) is 3.82. The van der Waals surface area contributed by atoms with Crippen LogP contribution in [0.25, 0.3) is 0 Å². The Morgan fingerprint density at radius 3 is 2.22 bits per heavy atom. The average molecular weight is 497 g/mol. The van der Waals surface area contributed by atoms with Gasteiger partial charge in [-0.15, -0.1) is 24.0 Å². The van der Waals surface area contributed by atoms with Crippen LogP contribution in [-0.4, -0.2) is 18.1 Å². The first-order chi connectivity index (χ1) is 12.3. The maximum atomic E-state index is 13.4. The second kappa shape index (κ2) is 10.5. The van der Waals surface area contributed by atoms with Crippen molar-refractivity contribution in [3.63, 3.8) is 0 Å². The summed E-state index contributed by atoms with van der Waals surface area (Å²) >= 11 is 0. The van der Waals surface area contributed by atoms with E-state index in [4.69, 9.17) is 5.11 Å². The zero-order chi connectivity index (χ0) is 19.2. The van der Waals surface area contributed by atoms with Crippen LogP contribution in [0, 0.1) is 5.82 Å². The van der Waals surface area contributed by atoms with E-state index in [2.05, 4.69) is 15.6 Å². The molecule has 0 fully saturated rings. The molecule has 4 nitrogen and oxygen atoms in total. The van der Waals surface area contributed by atoms with Gasteiger partial charge in [0.25, 0.3) is 0 Å². The molecule has 0 saturated carbocycles. The third-order valence-corrected chi connectivity index (χ3v) is 3.68. The van der Waals surface area contributed by atoms with Crippen molar-refractivity contribution in [1.29, 1.82) is 0 Å². The Morgan fingerprint density at radius 2 is 1.67 bits per heavy atom. The van der Waals surface area contributed by atoms with Crippen LogP contribution in [0.4, 0.5) is 17.6 Å². The van der Waals surface area contributed by atoms with E-state index in [0.717, 1.165) is 17.7 Å². The monoisotopic (exact) mass is 497 g/mol. The molecule has 0 atom stereocenters. The highest BCUT2D eigenvalue weighted by molar-refractivity contribution is 14.0. The number of benzene rings is 2. The van der Waals surface area contributed by atoms with Gasteiger partial charge in [-0.25, -0.2) is 4.39 Å². The number of hydrogen-bond acceptors (Lipinski definition) is 2. The van der Waals surface area contributed by atoms with Crippen molar-refractivity contribution in [2.45, 2.75) is 25.9 Å². The van der Waals surface area contributed by atoms with Crippen LogP contribution in [0.3, 0.4) is 0 Å². The third kappa shape index (κ3) is 6.98. The van der Waals surface area contributed by atoms with E-state index in [0.29, 0.717) is 18.1 Å². The van der Waals surface area contributed by atoms with Gasteiger partial charge in [-0.3, -0.25) is 4.99 Å². The number of guanidine groups is 1. The van der Waals surface area contributed by atoms with E-state index >= 15 is 0 Å². The minimum Gasteiger partial charge on any atom is -0.392 e. The maximum absolute atomic E-state index is 13.4. The second-order valence-electron chi connectivity index (χ2n) is 5.56. The van der Waals surface area contributed by atoms with Crippen LogP contribution >= 0.6 is 24.0 Å².